The topological polar surface area (TPSA) is 72.6 Å². The second-order valence-electron chi connectivity index (χ2n) is 5.51. The number of anilines is 1. The van der Waals surface area contributed by atoms with Gasteiger partial charge in [-0.25, -0.2) is 8.42 Å². The number of benzene rings is 1. The Kier molecular flexibility index (Phi) is 4.25. The van der Waals surface area contributed by atoms with Crippen molar-refractivity contribution in [1.29, 1.82) is 0 Å². The van der Waals surface area contributed by atoms with Crippen LogP contribution in [0.4, 0.5) is 5.69 Å². The van der Waals surface area contributed by atoms with Crippen molar-refractivity contribution in [3.63, 3.8) is 0 Å². The molecule has 0 saturated carbocycles. The molecule has 2 rings (SSSR count). The molecular weight excluding hydrogens is 276 g/mol. The number of hydrogen-bond acceptors (Lipinski definition) is 4. The van der Waals surface area contributed by atoms with Crippen molar-refractivity contribution in [1.82, 2.24) is 4.31 Å². The monoisotopic (exact) mass is 298 g/mol. The van der Waals surface area contributed by atoms with Gasteiger partial charge in [-0.2, -0.15) is 4.31 Å². The minimum atomic E-state index is -3.49. The molecule has 1 fully saturated rings. The van der Waals surface area contributed by atoms with E-state index in [1.54, 1.807) is 16.4 Å². The van der Waals surface area contributed by atoms with E-state index in [1.165, 1.54) is 13.2 Å². The fourth-order valence-electron chi connectivity index (χ4n) is 2.59. The maximum atomic E-state index is 12.7. The standard InChI is InChI=1S/C14H22N2O3S/c1-10-4-5-11(2)16(9-10)20(17,18)12-6-7-14(19-3)13(15)8-12/h6-8,10-11H,4-5,9,15H2,1-3H3. The number of ether oxygens (including phenoxy) is 1. The number of nitrogens with zero attached hydrogens (tertiary/aromatic N) is 1. The van der Waals surface area contributed by atoms with Gasteiger partial charge in [0.15, 0.2) is 0 Å². The maximum absolute atomic E-state index is 12.7. The summed E-state index contributed by atoms with van der Waals surface area (Å²) in [7, 11) is -1.99. The van der Waals surface area contributed by atoms with Gasteiger partial charge in [0.1, 0.15) is 5.75 Å². The highest BCUT2D eigenvalue weighted by molar-refractivity contribution is 7.89. The summed E-state index contributed by atoms with van der Waals surface area (Å²) in [6.45, 7) is 4.60. The molecule has 0 amide bonds. The molecule has 0 radical (unpaired) electrons. The molecule has 1 saturated heterocycles. The smallest absolute Gasteiger partial charge is 0.243 e. The van der Waals surface area contributed by atoms with Crippen LogP contribution in [0.3, 0.4) is 0 Å². The van der Waals surface area contributed by atoms with Gasteiger partial charge in [-0.3, -0.25) is 0 Å². The van der Waals surface area contributed by atoms with E-state index in [-0.39, 0.29) is 10.9 Å². The van der Waals surface area contributed by atoms with Gasteiger partial charge in [0.25, 0.3) is 0 Å². The van der Waals surface area contributed by atoms with Gasteiger partial charge in [-0.1, -0.05) is 6.92 Å². The van der Waals surface area contributed by atoms with Crippen LogP contribution >= 0.6 is 0 Å². The summed E-state index contributed by atoms with van der Waals surface area (Å²) >= 11 is 0. The van der Waals surface area contributed by atoms with Crippen LogP contribution in [0.25, 0.3) is 0 Å². The van der Waals surface area contributed by atoms with Crippen molar-refractivity contribution in [2.75, 3.05) is 19.4 Å². The molecule has 2 atom stereocenters. The molecule has 20 heavy (non-hydrogen) atoms. The molecule has 2 unspecified atom stereocenters. The Morgan fingerprint density at radius 1 is 1.30 bits per heavy atom. The lowest BCUT2D eigenvalue weighted by atomic mass is 9.97. The number of nitrogens with two attached hydrogens (primary N) is 1. The molecule has 0 aliphatic carbocycles. The lowest BCUT2D eigenvalue weighted by Gasteiger charge is -2.35. The Morgan fingerprint density at radius 2 is 2.00 bits per heavy atom. The third-order valence-corrected chi connectivity index (χ3v) is 5.84. The highest BCUT2D eigenvalue weighted by Gasteiger charge is 2.33. The zero-order chi connectivity index (χ0) is 14.9. The Bertz CT molecular complexity index is 586. The molecule has 0 spiro atoms. The first-order valence-corrected chi connectivity index (χ1v) is 8.25. The first-order chi connectivity index (χ1) is 9.36. The molecule has 2 N–H and O–H groups in total. The fraction of sp³-hybridized carbons (Fsp3) is 0.571. The van der Waals surface area contributed by atoms with E-state index in [9.17, 15) is 8.42 Å². The van der Waals surface area contributed by atoms with E-state index in [0.29, 0.717) is 23.9 Å². The Balaban J connectivity index is 2.36. The largest absolute Gasteiger partial charge is 0.495 e. The van der Waals surface area contributed by atoms with Gasteiger partial charge in [-0.15, -0.1) is 0 Å². The van der Waals surface area contributed by atoms with Gasteiger partial charge < -0.3 is 10.5 Å². The average molecular weight is 298 g/mol. The van der Waals surface area contributed by atoms with Gasteiger partial charge >= 0.3 is 0 Å². The molecule has 1 aromatic rings. The van der Waals surface area contributed by atoms with Crippen LogP contribution in [-0.2, 0) is 10.0 Å². The van der Waals surface area contributed by atoms with E-state index < -0.39 is 10.0 Å². The summed E-state index contributed by atoms with van der Waals surface area (Å²) in [6.07, 6.45) is 1.96. The number of rotatable bonds is 3. The Morgan fingerprint density at radius 3 is 2.60 bits per heavy atom. The first-order valence-electron chi connectivity index (χ1n) is 6.81. The van der Waals surface area contributed by atoms with Crippen LogP contribution in [0.15, 0.2) is 23.1 Å². The van der Waals surface area contributed by atoms with Crippen LogP contribution in [0.2, 0.25) is 0 Å². The predicted molar refractivity (Wildman–Crippen MR) is 79.2 cm³/mol. The van der Waals surface area contributed by atoms with Gasteiger partial charge in [-0.05, 0) is 43.9 Å². The summed E-state index contributed by atoms with van der Waals surface area (Å²) in [4.78, 5) is 0.233. The zero-order valence-electron chi connectivity index (χ0n) is 12.2. The van der Waals surface area contributed by atoms with Crippen LogP contribution in [0, 0.1) is 5.92 Å². The van der Waals surface area contributed by atoms with Crippen molar-refractivity contribution in [2.24, 2.45) is 5.92 Å². The summed E-state index contributed by atoms with van der Waals surface area (Å²) in [6, 6.07) is 4.65. The van der Waals surface area contributed by atoms with Crippen molar-refractivity contribution < 1.29 is 13.2 Å². The molecule has 1 aliphatic rings. The summed E-state index contributed by atoms with van der Waals surface area (Å²) in [5.41, 5.74) is 6.15. The molecule has 112 valence electrons. The van der Waals surface area contributed by atoms with Crippen molar-refractivity contribution >= 4 is 15.7 Å². The molecule has 0 aromatic heterocycles. The molecule has 0 bridgehead atoms. The van der Waals surface area contributed by atoms with E-state index in [1.807, 2.05) is 6.92 Å². The molecule has 6 heteroatoms. The van der Waals surface area contributed by atoms with E-state index in [0.717, 1.165) is 12.8 Å². The SMILES string of the molecule is COc1ccc(S(=O)(=O)N2CC(C)CCC2C)cc1N. The number of methoxy groups -OCH3 is 1. The Hall–Kier alpha value is -1.27. The molecular formula is C14H22N2O3S. The molecule has 1 heterocycles. The first kappa shape index (κ1) is 15.1. The van der Waals surface area contributed by atoms with Crippen molar-refractivity contribution in [2.45, 2.75) is 37.6 Å². The van der Waals surface area contributed by atoms with Gasteiger partial charge in [0, 0.05) is 12.6 Å². The summed E-state index contributed by atoms with van der Waals surface area (Å²) < 4.78 is 32.1. The predicted octanol–water partition coefficient (Wildman–Crippen LogP) is 2.09. The van der Waals surface area contributed by atoms with E-state index >= 15 is 0 Å². The van der Waals surface area contributed by atoms with Gasteiger partial charge in [0.2, 0.25) is 10.0 Å². The van der Waals surface area contributed by atoms with Crippen molar-refractivity contribution in [3.8, 4) is 5.75 Å². The van der Waals surface area contributed by atoms with E-state index in [4.69, 9.17) is 10.5 Å². The third-order valence-electron chi connectivity index (χ3n) is 3.87. The minimum Gasteiger partial charge on any atom is -0.495 e. The number of piperidine rings is 1. The molecule has 1 aromatic carbocycles. The fourth-order valence-corrected chi connectivity index (χ4v) is 4.41. The minimum absolute atomic E-state index is 0.0273. The number of sulfonamides is 1. The number of nitrogen functional groups attached to an aromatic ring is 1. The van der Waals surface area contributed by atoms with Crippen LogP contribution in [0.5, 0.6) is 5.75 Å². The maximum Gasteiger partial charge on any atom is 0.243 e. The van der Waals surface area contributed by atoms with E-state index in [2.05, 4.69) is 6.92 Å². The highest BCUT2D eigenvalue weighted by atomic mass is 32.2. The molecule has 1 aliphatic heterocycles. The second kappa shape index (κ2) is 5.61. The molecule has 5 nitrogen and oxygen atoms in total. The summed E-state index contributed by atoms with van der Waals surface area (Å²) in [5, 5.41) is 0. The van der Waals surface area contributed by atoms with Crippen LogP contribution in [0.1, 0.15) is 26.7 Å². The Labute approximate surface area is 120 Å². The van der Waals surface area contributed by atoms with Gasteiger partial charge in [0.05, 0.1) is 17.7 Å². The van der Waals surface area contributed by atoms with Crippen LogP contribution < -0.4 is 10.5 Å². The lowest BCUT2D eigenvalue weighted by Crippen LogP contribution is -2.44. The van der Waals surface area contributed by atoms with Crippen molar-refractivity contribution in [3.05, 3.63) is 18.2 Å². The average Bonchev–Trinajstić information content (AvgIpc) is 2.41. The summed E-state index contributed by atoms with van der Waals surface area (Å²) in [5.74, 6) is 0.876. The second-order valence-corrected chi connectivity index (χ2v) is 7.40. The quantitative estimate of drug-likeness (QED) is 0.867. The lowest BCUT2D eigenvalue weighted by molar-refractivity contribution is 0.218. The number of hydrogen-bond donors (Lipinski definition) is 1. The third kappa shape index (κ3) is 2.76. The zero-order valence-corrected chi connectivity index (χ0v) is 13.0. The highest BCUT2D eigenvalue weighted by Crippen LogP contribution is 2.30. The van der Waals surface area contributed by atoms with Crippen LogP contribution in [-0.4, -0.2) is 32.4 Å². The normalized spacial score (nSPS) is 24.6.